The van der Waals surface area contributed by atoms with Gasteiger partial charge in [-0.25, -0.2) is 15.0 Å². The van der Waals surface area contributed by atoms with Gasteiger partial charge in [0.25, 0.3) is 0 Å². The third-order valence-electron chi connectivity index (χ3n) is 11.1. The molecule has 0 N–H and O–H groups in total. The third-order valence-corrected chi connectivity index (χ3v) is 11.1. The van der Waals surface area contributed by atoms with E-state index in [1.807, 2.05) is 30.3 Å². The van der Waals surface area contributed by atoms with E-state index in [2.05, 4.69) is 146 Å². The molecule has 260 valence electrons. The quantitative estimate of drug-likeness (QED) is 0.181. The van der Waals surface area contributed by atoms with Crippen molar-refractivity contribution < 1.29 is 8.83 Å². The van der Waals surface area contributed by atoms with Crippen LogP contribution in [0.4, 0.5) is 0 Å². The van der Waals surface area contributed by atoms with Gasteiger partial charge >= 0.3 is 0 Å². The lowest BCUT2D eigenvalue weighted by Gasteiger charge is -2.12. The standard InChI is InChI=1S/C51H29N3O2/c1-3-12-32-26-34(22-20-30(32)10-1)35-24-25-40-44(28-35)56-45-29-36-14-5-6-15-38(36)48(47(40)45)51-53-49(37-23-21-31-11-2-4-13-33(31)27-37)52-50(54-51)41-17-9-19-43-46(41)39-16-7-8-18-42(39)55-43/h1-29H. The fraction of sp³-hybridized carbons (Fsp3) is 0. The maximum absolute atomic E-state index is 6.76. The predicted octanol–water partition coefficient (Wildman–Crippen LogP) is 13.8. The Labute approximate surface area is 320 Å². The highest BCUT2D eigenvalue weighted by molar-refractivity contribution is 6.20. The van der Waals surface area contributed by atoms with Crippen LogP contribution in [0.3, 0.4) is 0 Å². The zero-order chi connectivity index (χ0) is 36.7. The molecule has 9 aromatic carbocycles. The van der Waals surface area contributed by atoms with Crippen LogP contribution >= 0.6 is 0 Å². The van der Waals surface area contributed by atoms with Gasteiger partial charge in [-0.3, -0.25) is 0 Å². The van der Waals surface area contributed by atoms with Crippen LogP contribution in [0.2, 0.25) is 0 Å². The molecule has 12 rings (SSSR count). The maximum Gasteiger partial charge on any atom is 0.165 e. The zero-order valence-corrected chi connectivity index (χ0v) is 29.9. The number of hydrogen-bond acceptors (Lipinski definition) is 5. The van der Waals surface area contributed by atoms with E-state index in [1.54, 1.807) is 0 Å². The lowest BCUT2D eigenvalue weighted by molar-refractivity contribution is 0.669. The van der Waals surface area contributed by atoms with Gasteiger partial charge in [0, 0.05) is 38.2 Å². The molecular formula is C51H29N3O2. The molecule has 56 heavy (non-hydrogen) atoms. The van der Waals surface area contributed by atoms with Gasteiger partial charge in [0.1, 0.15) is 22.3 Å². The summed E-state index contributed by atoms with van der Waals surface area (Å²) in [5.41, 5.74) is 8.12. The average molecular weight is 716 g/mol. The highest BCUT2D eigenvalue weighted by atomic mass is 16.3. The molecule has 0 atom stereocenters. The molecule has 5 heteroatoms. The summed E-state index contributed by atoms with van der Waals surface area (Å²) in [6.45, 7) is 0. The molecule has 3 heterocycles. The Morgan fingerprint density at radius 1 is 0.304 bits per heavy atom. The monoisotopic (exact) mass is 715 g/mol. The summed E-state index contributed by atoms with van der Waals surface area (Å²) in [6.07, 6.45) is 0. The van der Waals surface area contributed by atoms with Crippen molar-refractivity contribution in [1.82, 2.24) is 15.0 Å². The second-order valence-electron chi connectivity index (χ2n) is 14.4. The molecule has 0 aliphatic carbocycles. The molecule has 0 saturated heterocycles. The molecule has 0 aliphatic heterocycles. The number of aromatic nitrogens is 3. The minimum absolute atomic E-state index is 0.572. The van der Waals surface area contributed by atoms with Crippen LogP contribution in [0.15, 0.2) is 185 Å². The first kappa shape index (κ1) is 30.8. The van der Waals surface area contributed by atoms with E-state index in [4.69, 9.17) is 23.8 Å². The highest BCUT2D eigenvalue weighted by Crippen LogP contribution is 2.43. The van der Waals surface area contributed by atoms with Crippen LogP contribution in [0.5, 0.6) is 0 Å². The van der Waals surface area contributed by atoms with Crippen molar-refractivity contribution in [3.05, 3.63) is 176 Å². The van der Waals surface area contributed by atoms with Gasteiger partial charge in [-0.15, -0.1) is 0 Å². The van der Waals surface area contributed by atoms with Crippen LogP contribution in [0.1, 0.15) is 0 Å². The Morgan fingerprint density at radius 2 is 0.875 bits per heavy atom. The van der Waals surface area contributed by atoms with E-state index in [0.29, 0.717) is 17.5 Å². The lowest BCUT2D eigenvalue weighted by atomic mass is 9.96. The summed E-state index contributed by atoms with van der Waals surface area (Å²) in [4.78, 5) is 15.9. The molecule has 0 fully saturated rings. The Morgan fingerprint density at radius 3 is 1.70 bits per heavy atom. The Bertz CT molecular complexity index is 3560. The summed E-state index contributed by atoms with van der Waals surface area (Å²) in [6, 6.07) is 61.0. The number of nitrogens with zero attached hydrogens (tertiary/aromatic N) is 3. The summed E-state index contributed by atoms with van der Waals surface area (Å²) in [5.74, 6) is 1.74. The van der Waals surface area contributed by atoms with Gasteiger partial charge < -0.3 is 8.83 Å². The number of hydrogen-bond donors (Lipinski definition) is 0. The number of benzene rings is 9. The minimum Gasteiger partial charge on any atom is -0.456 e. The molecule has 5 nitrogen and oxygen atoms in total. The smallest absolute Gasteiger partial charge is 0.165 e. The van der Waals surface area contributed by atoms with Crippen LogP contribution in [-0.4, -0.2) is 15.0 Å². The summed E-state index contributed by atoms with van der Waals surface area (Å²) in [5, 5.41) is 10.7. The maximum atomic E-state index is 6.76. The van der Waals surface area contributed by atoms with Crippen LogP contribution in [0.25, 0.3) is 121 Å². The van der Waals surface area contributed by atoms with E-state index in [1.165, 1.54) is 10.8 Å². The molecule has 3 aromatic heterocycles. The third kappa shape index (κ3) is 4.78. The summed E-state index contributed by atoms with van der Waals surface area (Å²) < 4.78 is 13.1. The van der Waals surface area contributed by atoms with E-state index >= 15 is 0 Å². The zero-order valence-electron chi connectivity index (χ0n) is 29.9. The molecule has 0 unspecified atom stereocenters. The van der Waals surface area contributed by atoms with Crippen molar-refractivity contribution in [2.45, 2.75) is 0 Å². The number of fused-ring (bicyclic) bond motifs is 9. The summed E-state index contributed by atoms with van der Waals surface area (Å²) in [7, 11) is 0. The van der Waals surface area contributed by atoms with Crippen molar-refractivity contribution in [3.63, 3.8) is 0 Å². The van der Waals surface area contributed by atoms with E-state index in [-0.39, 0.29) is 0 Å². The summed E-state index contributed by atoms with van der Waals surface area (Å²) >= 11 is 0. The van der Waals surface area contributed by atoms with E-state index in [0.717, 1.165) is 93.2 Å². The lowest BCUT2D eigenvalue weighted by Crippen LogP contribution is -2.01. The van der Waals surface area contributed by atoms with Crippen LogP contribution in [0, 0.1) is 0 Å². The normalized spacial score (nSPS) is 11.9. The Hall–Kier alpha value is -7.63. The predicted molar refractivity (Wildman–Crippen MR) is 229 cm³/mol. The van der Waals surface area contributed by atoms with Gasteiger partial charge in [0.15, 0.2) is 17.5 Å². The molecule has 0 saturated carbocycles. The molecule has 0 bridgehead atoms. The molecule has 12 aromatic rings. The van der Waals surface area contributed by atoms with Crippen LogP contribution in [-0.2, 0) is 0 Å². The largest absolute Gasteiger partial charge is 0.456 e. The first-order valence-corrected chi connectivity index (χ1v) is 18.8. The van der Waals surface area contributed by atoms with Crippen molar-refractivity contribution in [2.24, 2.45) is 0 Å². The van der Waals surface area contributed by atoms with Crippen molar-refractivity contribution >= 4 is 76.2 Å². The minimum atomic E-state index is 0.572. The Balaban J connectivity index is 1.14. The average Bonchev–Trinajstić information content (AvgIpc) is 3.83. The molecular weight excluding hydrogens is 687 g/mol. The highest BCUT2D eigenvalue weighted by Gasteiger charge is 2.23. The van der Waals surface area contributed by atoms with E-state index in [9.17, 15) is 0 Å². The fourth-order valence-corrected chi connectivity index (χ4v) is 8.41. The van der Waals surface area contributed by atoms with Crippen molar-refractivity contribution in [1.29, 1.82) is 0 Å². The van der Waals surface area contributed by atoms with Gasteiger partial charge in [0.2, 0.25) is 0 Å². The van der Waals surface area contributed by atoms with Gasteiger partial charge in [0.05, 0.1) is 0 Å². The van der Waals surface area contributed by atoms with Crippen molar-refractivity contribution in [2.75, 3.05) is 0 Å². The second kappa shape index (κ2) is 11.9. The number of rotatable bonds is 4. The molecule has 0 radical (unpaired) electrons. The van der Waals surface area contributed by atoms with Gasteiger partial charge in [-0.05, 0) is 85.9 Å². The topological polar surface area (TPSA) is 65.0 Å². The Kier molecular flexibility index (Phi) is 6.56. The van der Waals surface area contributed by atoms with Gasteiger partial charge in [-0.1, -0.05) is 133 Å². The first-order chi connectivity index (χ1) is 27.7. The second-order valence-corrected chi connectivity index (χ2v) is 14.4. The molecule has 0 aliphatic rings. The molecule has 0 spiro atoms. The van der Waals surface area contributed by atoms with Crippen LogP contribution < -0.4 is 0 Å². The molecule has 0 amide bonds. The SMILES string of the molecule is c1ccc2cc(-c3ccc4c(c3)oc3cc5ccccc5c(-c5nc(-c6ccc7ccccc7c6)nc(-c6cccc7oc8ccccc8c67)n5)c34)ccc2c1. The van der Waals surface area contributed by atoms with Gasteiger partial charge in [-0.2, -0.15) is 0 Å². The van der Waals surface area contributed by atoms with Crippen molar-refractivity contribution in [3.8, 4) is 45.3 Å². The number of para-hydroxylation sites is 1. The van der Waals surface area contributed by atoms with E-state index < -0.39 is 0 Å². The fourth-order valence-electron chi connectivity index (χ4n) is 8.41. The number of furan rings is 2. The first-order valence-electron chi connectivity index (χ1n) is 18.8.